The Bertz CT molecular complexity index is 1160. The van der Waals surface area contributed by atoms with Gasteiger partial charge in [-0.05, 0) is 48.9 Å². The van der Waals surface area contributed by atoms with Crippen LogP contribution in [0.3, 0.4) is 0 Å². The summed E-state index contributed by atoms with van der Waals surface area (Å²) in [5.74, 6) is 0.696. The predicted octanol–water partition coefficient (Wildman–Crippen LogP) is 3.60. The summed E-state index contributed by atoms with van der Waals surface area (Å²) in [4.78, 5) is 28.8. The number of hydrogen-bond donors (Lipinski definition) is 1. The molecule has 168 valence electrons. The van der Waals surface area contributed by atoms with Crippen LogP contribution in [0, 0.1) is 0 Å². The zero-order valence-electron chi connectivity index (χ0n) is 18.0. The fourth-order valence-corrected chi connectivity index (χ4v) is 4.10. The van der Waals surface area contributed by atoms with Gasteiger partial charge in [0.25, 0.3) is 0 Å². The van der Waals surface area contributed by atoms with E-state index in [0.29, 0.717) is 36.0 Å². The lowest BCUT2D eigenvalue weighted by Crippen LogP contribution is -2.48. The molecule has 7 nitrogen and oxygen atoms in total. The quantitative estimate of drug-likeness (QED) is 0.549. The zero-order valence-corrected chi connectivity index (χ0v) is 18.7. The van der Waals surface area contributed by atoms with Crippen molar-refractivity contribution in [2.45, 2.75) is 13.5 Å². The molecule has 1 aromatic heterocycles. The minimum absolute atomic E-state index is 0.0594. The molecule has 3 aromatic rings. The number of nitrogens with zero attached hydrogens (tertiary/aromatic N) is 2. The van der Waals surface area contributed by atoms with E-state index in [1.165, 1.54) is 0 Å². The second-order valence-electron chi connectivity index (χ2n) is 7.79. The molecule has 0 radical (unpaired) electrons. The number of piperazine rings is 1. The van der Waals surface area contributed by atoms with Crippen molar-refractivity contribution in [3.05, 3.63) is 69.5 Å². The van der Waals surface area contributed by atoms with Crippen molar-refractivity contribution in [1.82, 2.24) is 9.80 Å². The van der Waals surface area contributed by atoms with Crippen LogP contribution in [0.4, 0.5) is 5.69 Å². The smallest absolute Gasteiger partial charge is 0.336 e. The third kappa shape index (κ3) is 5.68. The summed E-state index contributed by atoms with van der Waals surface area (Å²) in [6, 6.07) is 14.2. The molecule has 1 aliphatic heterocycles. The normalized spacial score (nSPS) is 15.1. The number of benzene rings is 2. The fourth-order valence-electron chi connectivity index (χ4n) is 3.91. The molecule has 0 spiro atoms. The van der Waals surface area contributed by atoms with Gasteiger partial charge in [0.1, 0.15) is 11.3 Å². The average molecular weight is 456 g/mol. The standard InChI is InChI=1S/C24H26ClN3O4/c1-2-31-20-6-7-22-21(14-20)17(12-24(30)32-22)15-27-8-10-28(11-9-27)16-23(29)26-19-5-3-4-18(25)13-19/h3-7,12-14H,2,8-11,15-16H2,1H3,(H,26,29). The number of anilines is 1. The number of rotatable bonds is 7. The molecular formula is C24H26ClN3O4. The third-order valence-corrected chi connectivity index (χ3v) is 5.68. The Morgan fingerprint density at radius 3 is 2.62 bits per heavy atom. The summed E-state index contributed by atoms with van der Waals surface area (Å²) in [5.41, 5.74) is 1.83. The van der Waals surface area contributed by atoms with Crippen LogP contribution < -0.4 is 15.7 Å². The van der Waals surface area contributed by atoms with Gasteiger partial charge < -0.3 is 14.5 Å². The Labute approximate surface area is 191 Å². The van der Waals surface area contributed by atoms with E-state index in [9.17, 15) is 9.59 Å². The van der Waals surface area contributed by atoms with E-state index in [-0.39, 0.29) is 11.5 Å². The van der Waals surface area contributed by atoms with E-state index in [4.69, 9.17) is 20.8 Å². The molecule has 8 heteroatoms. The molecule has 0 unspecified atom stereocenters. The van der Waals surface area contributed by atoms with Crippen molar-refractivity contribution in [2.75, 3.05) is 44.6 Å². The third-order valence-electron chi connectivity index (χ3n) is 5.45. The SMILES string of the molecule is CCOc1ccc2oc(=O)cc(CN3CCN(CC(=O)Nc4cccc(Cl)c4)CC3)c2c1. The van der Waals surface area contributed by atoms with E-state index < -0.39 is 0 Å². The number of hydrogen-bond acceptors (Lipinski definition) is 6. The van der Waals surface area contributed by atoms with Gasteiger partial charge in [-0.25, -0.2) is 4.79 Å². The summed E-state index contributed by atoms with van der Waals surface area (Å²) < 4.78 is 11.0. The summed E-state index contributed by atoms with van der Waals surface area (Å²) in [5, 5.41) is 4.37. The Morgan fingerprint density at radius 1 is 1.09 bits per heavy atom. The number of fused-ring (bicyclic) bond motifs is 1. The second kappa shape index (κ2) is 10.2. The number of carbonyl (C=O) groups is 1. The van der Waals surface area contributed by atoms with Crippen molar-refractivity contribution >= 4 is 34.2 Å². The number of amides is 1. The lowest BCUT2D eigenvalue weighted by molar-refractivity contribution is -0.117. The van der Waals surface area contributed by atoms with E-state index >= 15 is 0 Å². The molecule has 1 amide bonds. The minimum Gasteiger partial charge on any atom is -0.494 e. The Balaban J connectivity index is 1.35. The predicted molar refractivity (Wildman–Crippen MR) is 125 cm³/mol. The van der Waals surface area contributed by atoms with Crippen molar-refractivity contribution in [1.29, 1.82) is 0 Å². The summed E-state index contributed by atoms with van der Waals surface area (Å²) in [7, 11) is 0. The van der Waals surface area contributed by atoms with Crippen LogP contribution >= 0.6 is 11.6 Å². The Hall–Kier alpha value is -2.87. The van der Waals surface area contributed by atoms with Crippen LogP contribution in [0.5, 0.6) is 5.75 Å². The molecule has 1 N–H and O–H groups in total. The molecule has 32 heavy (non-hydrogen) atoms. The first-order valence-electron chi connectivity index (χ1n) is 10.7. The van der Waals surface area contributed by atoms with E-state index in [1.807, 2.05) is 31.2 Å². The maximum atomic E-state index is 12.4. The van der Waals surface area contributed by atoms with Crippen molar-refractivity contribution < 1.29 is 13.9 Å². The summed E-state index contributed by atoms with van der Waals surface area (Å²) in [6.45, 7) is 6.62. The van der Waals surface area contributed by atoms with Crippen LogP contribution in [0.25, 0.3) is 11.0 Å². The van der Waals surface area contributed by atoms with Crippen LogP contribution in [-0.4, -0.2) is 55.0 Å². The largest absolute Gasteiger partial charge is 0.494 e. The van der Waals surface area contributed by atoms with Crippen molar-refractivity contribution in [3.8, 4) is 5.75 Å². The Morgan fingerprint density at radius 2 is 1.88 bits per heavy atom. The maximum Gasteiger partial charge on any atom is 0.336 e. The molecule has 2 aromatic carbocycles. The average Bonchev–Trinajstić information content (AvgIpc) is 2.75. The summed E-state index contributed by atoms with van der Waals surface area (Å²) in [6.07, 6.45) is 0. The van der Waals surface area contributed by atoms with Crippen LogP contribution in [0.2, 0.25) is 5.02 Å². The molecule has 0 atom stereocenters. The van der Waals surface area contributed by atoms with E-state index in [1.54, 1.807) is 24.3 Å². The van der Waals surface area contributed by atoms with Gasteiger partial charge in [-0.15, -0.1) is 0 Å². The number of nitrogens with one attached hydrogen (secondary N) is 1. The molecule has 4 rings (SSSR count). The molecule has 0 aliphatic carbocycles. The van der Waals surface area contributed by atoms with Gasteiger partial charge in [-0.3, -0.25) is 14.6 Å². The minimum atomic E-state index is -0.354. The van der Waals surface area contributed by atoms with Gasteiger partial charge >= 0.3 is 5.63 Å². The molecular weight excluding hydrogens is 430 g/mol. The highest BCUT2D eigenvalue weighted by Crippen LogP contribution is 2.24. The van der Waals surface area contributed by atoms with Crippen LogP contribution in [-0.2, 0) is 11.3 Å². The van der Waals surface area contributed by atoms with Crippen molar-refractivity contribution in [3.63, 3.8) is 0 Å². The van der Waals surface area contributed by atoms with Crippen LogP contribution in [0.1, 0.15) is 12.5 Å². The zero-order chi connectivity index (χ0) is 22.5. The topological polar surface area (TPSA) is 75.0 Å². The molecule has 0 bridgehead atoms. The van der Waals surface area contributed by atoms with Gasteiger partial charge in [0, 0.05) is 54.9 Å². The van der Waals surface area contributed by atoms with E-state index in [2.05, 4.69) is 15.1 Å². The first kappa shape index (κ1) is 22.3. The first-order chi connectivity index (χ1) is 15.5. The first-order valence-corrected chi connectivity index (χ1v) is 11.1. The van der Waals surface area contributed by atoms with Crippen LogP contribution in [0.15, 0.2) is 57.7 Å². The highest BCUT2D eigenvalue weighted by atomic mass is 35.5. The highest BCUT2D eigenvalue weighted by molar-refractivity contribution is 6.30. The van der Waals surface area contributed by atoms with Gasteiger partial charge in [0.05, 0.1) is 13.2 Å². The molecule has 1 aliphatic rings. The van der Waals surface area contributed by atoms with Gasteiger partial charge in [0.15, 0.2) is 0 Å². The lowest BCUT2D eigenvalue weighted by atomic mass is 10.1. The van der Waals surface area contributed by atoms with Gasteiger partial charge in [0.2, 0.25) is 5.91 Å². The highest BCUT2D eigenvalue weighted by Gasteiger charge is 2.20. The molecule has 1 saturated heterocycles. The van der Waals surface area contributed by atoms with Gasteiger partial charge in [-0.2, -0.15) is 0 Å². The number of ether oxygens (including phenoxy) is 1. The van der Waals surface area contributed by atoms with Crippen molar-refractivity contribution in [2.24, 2.45) is 0 Å². The van der Waals surface area contributed by atoms with Gasteiger partial charge in [-0.1, -0.05) is 17.7 Å². The molecule has 0 saturated carbocycles. The second-order valence-corrected chi connectivity index (χ2v) is 8.23. The number of halogens is 1. The lowest BCUT2D eigenvalue weighted by Gasteiger charge is -2.34. The Kier molecular flexibility index (Phi) is 7.09. The number of carbonyl (C=O) groups excluding carboxylic acids is 1. The van der Waals surface area contributed by atoms with E-state index in [0.717, 1.165) is 42.9 Å². The summed E-state index contributed by atoms with van der Waals surface area (Å²) >= 11 is 5.97. The fraction of sp³-hybridized carbons (Fsp3) is 0.333. The molecule has 2 heterocycles. The maximum absolute atomic E-state index is 12.4. The molecule has 1 fully saturated rings. The monoisotopic (exact) mass is 455 g/mol.